The number of rotatable bonds is 12. The van der Waals surface area contributed by atoms with Crippen molar-refractivity contribution >= 4 is 55.5 Å². The van der Waals surface area contributed by atoms with Gasteiger partial charge in [-0.2, -0.15) is 9.42 Å². The van der Waals surface area contributed by atoms with Gasteiger partial charge < -0.3 is 19.1 Å². The van der Waals surface area contributed by atoms with Crippen LogP contribution in [0.15, 0.2) is 85.7 Å². The number of amides is 1. The third kappa shape index (κ3) is 8.88. The van der Waals surface area contributed by atoms with Gasteiger partial charge in [-0.25, -0.2) is 27.1 Å². The second-order valence-electron chi connectivity index (χ2n) is 12.9. The lowest BCUT2D eigenvalue weighted by Crippen LogP contribution is -2.40. The van der Waals surface area contributed by atoms with Crippen LogP contribution in [0.1, 0.15) is 44.4 Å². The number of aliphatic imine (C=N–C) groups is 1. The van der Waals surface area contributed by atoms with Crippen molar-refractivity contribution in [3.8, 4) is 11.5 Å². The van der Waals surface area contributed by atoms with Crippen molar-refractivity contribution in [1.82, 2.24) is 13.9 Å². The minimum absolute atomic E-state index is 0.00127. The van der Waals surface area contributed by atoms with E-state index in [0.717, 1.165) is 11.1 Å². The van der Waals surface area contributed by atoms with Crippen LogP contribution in [-0.2, 0) is 38.8 Å². The summed E-state index contributed by atoms with van der Waals surface area (Å²) >= 11 is 2.05. The van der Waals surface area contributed by atoms with E-state index in [1.165, 1.54) is 4.31 Å². The van der Waals surface area contributed by atoms with E-state index in [9.17, 15) is 9.00 Å². The molecule has 3 atom stereocenters. The highest BCUT2D eigenvalue weighted by Crippen LogP contribution is 2.34. The van der Waals surface area contributed by atoms with Crippen molar-refractivity contribution in [2.45, 2.75) is 62.2 Å². The number of benzene rings is 3. The molecule has 1 fully saturated rings. The number of halogens is 1. The van der Waals surface area contributed by atoms with Gasteiger partial charge >= 0.3 is 6.09 Å². The van der Waals surface area contributed by atoms with Crippen LogP contribution in [0, 0.1) is 9.49 Å². The molecule has 0 saturated carbocycles. The Kier molecular flexibility index (Phi) is 12.0. The minimum Gasteiger partial charge on any atom is -0.497 e. The average Bonchev–Trinajstić information content (AvgIpc) is 3.74. The molecule has 2 heterocycles. The zero-order valence-corrected chi connectivity index (χ0v) is 32.5. The molecule has 5 rings (SSSR count). The fourth-order valence-electron chi connectivity index (χ4n) is 5.53. The van der Waals surface area contributed by atoms with Gasteiger partial charge in [-0.3, -0.25) is 0 Å². The van der Waals surface area contributed by atoms with E-state index < -0.39 is 38.7 Å². The molecule has 0 radical (unpaired) electrons. The first-order chi connectivity index (χ1) is 23.7. The smallest absolute Gasteiger partial charge is 0.410 e. The molecule has 0 spiro atoms. The van der Waals surface area contributed by atoms with Crippen molar-refractivity contribution in [3.05, 3.63) is 80.9 Å². The number of methoxy groups -OCH3 is 2. The zero-order valence-electron chi connectivity index (χ0n) is 28.8. The Morgan fingerprint density at radius 3 is 2.06 bits per heavy atom. The number of nitrogens with zero attached hydrogens (tertiary/aromatic N) is 5. The number of carbonyl (C=O) groups is 1. The average molecular weight is 837 g/mol. The van der Waals surface area contributed by atoms with Crippen LogP contribution in [-0.4, -0.2) is 79.4 Å². The van der Waals surface area contributed by atoms with Crippen molar-refractivity contribution < 1.29 is 31.6 Å². The number of sulfonamides is 1. The fraction of sp³-hybridized carbons (Fsp3) is 0.412. The Morgan fingerprint density at radius 1 is 0.980 bits per heavy atom. The van der Waals surface area contributed by atoms with Crippen molar-refractivity contribution in [2.24, 2.45) is 21.1 Å². The highest BCUT2D eigenvalue weighted by molar-refractivity contribution is 14.1. The van der Waals surface area contributed by atoms with E-state index in [0.29, 0.717) is 21.6 Å². The molecule has 13 nitrogen and oxygen atoms in total. The van der Waals surface area contributed by atoms with Crippen LogP contribution in [0.2, 0.25) is 0 Å². The van der Waals surface area contributed by atoms with Crippen LogP contribution >= 0.6 is 22.6 Å². The third-order valence-electron chi connectivity index (χ3n) is 8.10. The summed E-state index contributed by atoms with van der Waals surface area (Å²) in [6.45, 7) is 8.02. The number of nitrogens with one attached hydrogen (secondary N) is 1. The summed E-state index contributed by atoms with van der Waals surface area (Å²) in [6, 6.07) is 17.1. The number of ether oxygens (including phenoxy) is 3. The van der Waals surface area contributed by atoms with Gasteiger partial charge in [0.1, 0.15) is 33.0 Å². The Morgan fingerprint density at radius 2 is 1.56 bits per heavy atom. The van der Waals surface area contributed by atoms with Gasteiger partial charge in [-0.05, 0) is 96.8 Å². The predicted octanol–water partition coefficient (Wildman–Crippen LogP) is 5.74. The molecular formula is C34H41IN6O7S2. The lowest BCUT2D eigenvalue weighted by atomic mass is 10.1. The molecular weight excluding hydrogens is 795 g/mol. The minimum atomic E-state index is -4.42. The second-order valence-corrected chi connectivity index (χ2v) is 17.2. The van der Waals surface area contributed by atoms with Crippen LogP contribution < -0.4 is 14.2 Å². The SMILES string of the molecule is COc1ccc(CN(Cc2ccc(OC)cc2)S(=O)(=O)c2c(S(=O)N[C@@H]3CN(C(=O)OC(C)(C)C)C[C@H]3C)ccc(I)c2C2=NCN=N2)cc1. The largest absolute Gasteiger partial charge is 0.497 e. The van der Waals surface area contributed by atoms with Gasteiger partial charge in [-0.15, -0.1) is 5.11 Å². The maximum atomic E-state index is 15.1. The molecule has 0 aromatic heterocycles. The van der Waals surface area contributed by atoms with Gasteiger partial charge in [-0.1, -0.05) is 31.2 Å². The molecule has 3 aromatic carbocycles. The molecule has 1 amide bonds. The van der Waals surface area contributed by atoms with Gasteiger partial charge in [0.25, 0.3) is 0 Å². The van der Waals surface area contributed by atoms with E-state index in [2.05, 4.69) is 19.9 Å². The Hall–Kier alpha value is -3.45. The van der Waals surface area contributed by atoms with Crippen molar-refractivity contribution in [2.75, 3.05) is 34.0 Å². The van der Waals surface area contributed by atoms with Gasteiger partial charge in [0.2, 0.25) is 10.0 Å². The molecule has 1 unspecified atom stereocenters. The Balaban J connectivity index is 1.56. The maximum Gasteiger partial charge on any atom is 0.410 e. The van der Waals surface area contributed by atoms with Crippen LogP contribution in [0.4, 0.5) is 4.79 Å². The van der Waals surface area contributed by atoms with Crippen molar-refractivity contribution in [3.63, 3.8) is 0 Å². The number of hydrogen-bond acceptors (Lipinski definition) is 10. The third-order valence-corrected chi connectivity index (χ3v) is 12.3. The lowest BCUT2D eigenvalue weighted by Gasteiger charge is -2.26. The van der Waals surface area contributed by atoms with Crippen LogP contribution in [0.3, 0.4) is 0 Å². The van der Waals surface area contributed by atoms with Crippen LogP contribution in [0.25, 0.3) is 0 Å². The molecule has 2 aliphatic heterocycles. The molecule has 2 aliphatic rings. The predicted molar refractivity (Wildman–Crippen MR) is 198 cm³/mol. The summed E-state index contributed by atoms with van der Waals surface area (Å²) < 4.78 is 65.8. The summed E-state index contributed by atoms with van der Waals surface area (Å²) in [6.07, 6.45) is -0.462. The maximum absolute atomic E-state index is 15.1. The second kappa shape index (κ2) is 15.8. The quantitative estimate of drug-likeness (QED) is 0.229. The zero-order chi connectivity index (χ0) is 36.2. The van der Waals surface area contributed by atoms with E-state index in [4.69, 9.17) is 14.2 Å². The van der Waals surface area contributed by atoms with Gasteiger partial charge in [0.05, 0.1) is 24.7 Å². The van der Waals surface area contributed by atoms with Crippen molar-refractivity contribution in [1.29, 1.82) is 0 Å². The summed E-state index contributed by atoms with van der Waals surface area (Å²) in [5.41, 5.74) is 0.995. The summed E-state index contributed by atoms with van der Waals surface area (Å²) in [5, 5.41) is 8.14. The van der Waals surface area contributed by atoms with E-state index in [1.54, 1.807) is 101 Å². The molecule has 0 aliphatic carbocycles. The highest BCUT2D eigenvalue weighted by Gasteiger charge is 2.39. The topological polar surface area (TPSA) is 152 Å². The first-order valence-electron chi connectivity index (χ1n) is 15.9. The normalized spacial score (nSPS) is 18.3. The molecule has 1 N–H and O–H groups in total. The lowest BCUT2D eigenvalue weighted by molar-refractivity contribution is 0.0287. The molecule has 268 valence electrons. The van der Waals surface area contributed by atoms with Crippen LogP contribution in [0.5, 0.6) is 11.5 Å². The van der Waals surface area contributed by atoms with Gasteiger partial charge in [0, 0.05) is 35.8 Å². The molecule has 50 heavy (non-hydrogen) atoms. The number of amidine groups is 1. The summed E-state index contributed by atoms with van der Waals surface area (Å²) in [7, 11) is -3.33. The number of carbonyl (C=O) groups excluding carboxylic acids is 1. The molecule has 1 saturated heterocycles. The van der Waals surface area contributed by atoms with E-state index >= 15 is 8.42 Å². The summed E-state index contributed by atoms with van der Waals surface area (Å²) in [4.78, 5) is 18.6. The number of hydrogen-bond donors (Lipinski definition) is 1. The monoisotopic (exact) mass is 836 g/mol. The number of likely N-dealkylation sites (tertiary alicyclic amines) is 1. The Labute approximate surface area is 309 Å². The summed E-state index contributed by atoms with van der Waals surface area (Å²) in [5.74, 6) is 1.33. The number of azo groups is 1. The van der Waals surface area contributed by atoms with E-state index in [-0.39, 0.29) is 53.4 Å². The standard InChI is InChI=1S/C34H41IN6O7S2/c1-22-17-40(33(42)48-34(2,3)4)20-28(22)39-49(43)29-16-15-27(35)30(32-36-21-37-38-32)31(29)50(44,45)41(18-23-7-11-25(46-5)12-8-23)19-24-9-13-26(47-6)14-10-24/h7-16,22,28,39H,17-21H2,1-6H3/t22-,28-,49?/m1/s1. The molecule has 3 aromatic rings. The van der Waals surface area contributed by atoms with Gasteiger partial charge in [0.15, 0.2) is 12.5 Å². The van der Waals surface area contributed by atoms with E-state index in [1.807, 2.05) is 29.5 Å². The first kappa shape index (κ1) is 37.8. The molecule has 16 heteroatoms. The first-order valence-corrected chi connectivity index (χ1v) is 19.5. The molecule has 0 bridgehead atoms. The Bertz CT molecular complexity index is 1850. The fourth-order valence-corrected chi connectivity index (χ4v) is 9.79. The highest BCUT2D eigenvalue weighted by atomic mass is 127.